The van der Waals surface area contributed by atoms with Gasteiger partial charge in [0.1, 0.15) is 5.54 Å². The molecule has 7 nitrogen and oxygen atoms in total. The van der Waals surface area contributed by atoms with Gasteiger partial charge in [0.15, 0.2) is 0 Å². The molecule has 1 aliphatic carbocycles. The molecule has 134 valence electrons. The highest BCUT2D eigenvalue weighted by atomic mass is 32.1. The van der Waals surface area contributed by atoms with E-state index < -0.39 is 11.5 Å². The van der Waals surface area contributed by atoms with Gasteiger partial charge in [0.2, 0.25) is 17.7 Å². The summed E-state index contributed by atoms with van der Waals surface area (Å²) >= 11 is 1.54. The van der Waals surface area contributed by atoms with Crippen LogP contribution in [-0.2, 0) is 16.0 Å². The summed E-state index contributed by atoms with van der Waals surface area (Å²) in [5, 5.41) is 24.0. The van der Waals surface area contributed by atoms with Crippen LogP contribution in [0.2, 0.25) is 0 Å². The molecule has 0 bridgehead atoms. The number of amides is 1. The van der Waals surface area contributed by atoms with Crippen LogP contribution in [-0.4, -0.2) is 32.7 Å². The Bertz CT molecular complexity index is 733. The minimum atomic E-state index is -1.14. The van der Waals surface area contributed by atoms with E-state index >= 15 is 0 Å². The molecule has 0 atom stereocenters. The summed E-state index contributed by atoms with van der Waals surface area (Å²) in [6.45, 7) is 2.11. The third kappa shape index (κ3) is 4.07. The van der Waals surface area contributed by atoms with Gasteiger partial charge in [0.25, 0.3) is 0 Å². The predicted octanol–water partition coefficient (Wildman–Crippen LogP) is 2.88. The molecule has 2 N–H and O–H groups in total. The Balaban J connectivity index is 1.56. The summed E-state index contributed by atoms with van der Waals surface area (Å²) in [7, 11) is 0. The predicted molar refractivity (Wildman–Crippen MR) is 92.1 cm³/mol. The van der Waals surface area contributed by atoms with Gasteiger partial charge in [0.05, 0.1) is 0 Å². The summed E-state index contributed by atoms with van der Waals surface area (Å²) in [5.41, 5.74) is -0.283. The minimum Gasteiger partial charge on any atom is -0.480 e. The van der Waals surface area contributed by atoms with Gasteiger partial charge in [-0.15, -0.1) is 10.2 Å². The van der Waals surface area contributed by atoms with E-state index in [2.05, 4.69) is 22.4 Å². The van der Waals surface area contributed by atoms with Crippen molar-refractivity contribution in [3.05, 3.63) is 22.7 Å². The Hall–Kier alpha value is -2.22. The lowest BCUT2D eigenvalue weighted by Crippen LogP contribution is -2.56. The van der Waals surface area contributed by atoms with Gasteiger partial charge < -0.3 is 14.8 Å². The van der Waals surface area contributed by atoms with E-state index in [-0.39, 0.29) is 18.7 Å². The fourth-order valence-corrected chi connectivity index (χ4v) is 3.68. The third-order valence-electron chi connectivity index (χ3n) is 4.72. The third-order valence-corrected chi connectivity index (χ3v) is 5.40. The number of aromatic nitrogens is 2. The van der Waals surface area contributed by atoms with Crippen LogP contribution >= 0.6 is 11.3 Å². The van der Waals surface area contributed by atoms with Crippen molar-refractivity contribution in [2.75, 3.05) is 0 Å². The molecule has 1 aliphatic rings. The van der Waals surface area contributed by atoms with E-state index in [9.17, 15) is 14.7 Å². The lowest BCUT2D eigenvalue weighted by Gasteiger charge is -2.36. The largest absolute Gasteiger partial charge is 0.480 e. The molecule has 0 spiro atoms. The van der Waals surface area contributed by atoms with Crippen LogP contribution in [0.3, 0.4) is 0 Å². The quantitative estimate of drug-likeness (QED) is 0.817. The molecule has 0 aromatic carbocycles. The highest BCUT2D eigenvalue weighted by Crippen LogP contribution is 2.32. The van der Waals surface area contributed by atoms with Gasteiger partial charge in [-0.2, -0.15) is 11.3 Å². The highest BCUT2D eigenvalue weighted by molar-refractivity contribution is 7.08. The lowest BCUT2D eigenvalue weighted by atomic mass is 9.77. The maximum Gasteiger partial charge on any atom is 0.329 e. The fourth-order valence-electron chi connectivity index (χ4n) is 3.05. The van der Waals surface area contributed by atoms with Gasteiger partial charge in [-0.05, 0) is 43.0 Å². The second-order valence-electron chi connectivity index (χ2n) is 6.63. The topological polar surface area (TPSA) is 105 Å². The van der Waals surface area contributed by atoms with Crippen LogP contribution in [0.1, 0.15) is 44.9 Å². The van der Waals surface area contributed by atoms with Crippen molar-refractivity contribution in [2.45, 2.75) is 51.0 Å². The number of carboxylic acid groups (broad SMARTS) is 1. The first-order valence-electron chi connectivity index (χ1n) is 8.38. The van der Waals surface area contributed by atoms with Crippen molar-refractivity contribution < 1.29 is 19.1 Å². The normalized spacial score (nSPS) is 23.3. The molecule has 8 heteroatoms. The van der Waals surface area contributed by atoms with Gasteiger partial charge in [-0.3, -0.25) is 4.79 Å². The van der Waals surface area contributed by atoms with Crippen molar-refractivity contribution in [3.8, 4) is 11.5 Å². The fraction of sp³-hybridized carbons (Fsp3) is 0.529. The number of aryl methyl sites for hydroxylation is 1. The summed E-state index contributed by atoms with van der Waals surface area (Å²) < 4.78 is 5.54. The standard InChI is InChI=1S/C17H21N3O4S/c1-11-4-7-17(8-5-11,16(22)23)18-13(21)2-3-14-19-20-15(24-14)12-6-9-25-10-12/h6,9-11H,2-5,7-8H2,1H3,(H,18,21)(H,22,23). The number of carbonyl (C=O) groups is 2. The molecule has 1 saturated carbocycles. The lowest BCUT2D eigenvalue weighted by molar-refractivity contribution is -0.149. The molecule has 0 radical (unpaired) electrons. The van der Waals surface area contributed by atoms with E-state index in [4.69, 9.17) is 4.42 Å². The highest BCUT2D eigenvalue weighted by Gasteiger charge is 2.42. The smallest absolute Gasteiger partial charge is 0.329 e. The molecule has 0 unspecified atom stereocenters. The molecule has 0 saturated heterocycles. The first kappa shape index (κ1) is 17.6. The second-order valence-corrected chi connectivity index (χ2v) is 7.41. The number of hydrogen-bond donors (Lipinski definition) is 2. The van der Waals surface area contributed by atoms with E-state index in [1.165, 1.54) is 11.3 Å². The van der Waals surface area contributed by atoms with Crippen LogP contribution in [0.5, 0.6) is 0 Å². The molecular formula is C17H21N3O4S. The number of nitrogens with zero attached hydrogens (tertiary/aromatic N) is 2. The Morgan fingerprint density at radius 3 is 2.80 bits per heavy atom. The van der Waals surface area contributed by atoms with Crippen molar-refractivity contribution in [3.63, 3.8) is 0 Å². The zero-order chi connectivity index (χ0) is 17.9. The average molecular weight is 363 g/mol. The SMILES string of the molecule is CC1CCC(NC(=O)CCc2nnc(-c3ccsc3)o2)(C(=O)O)CC1. The summed E-state index contributed by atoms with van der Waals surface area (Å²) in [6.07, 6.45) is 2.96. The van der Waals surface area contributed by atoms with Crippen molar-refractivity contribution >= 4 is 23.2 Å². The summed E-state index contributed by atoms with van der Waals surface area (Å²) in [6, 6.07) is 1.88. The van der Waals surface area contributed by atoms with Gasteiger partial charge in [0, 0.05) is 23.8 Å². The molecule has 1 fully saturated rings. The van der Waals surface area contributed by atoms with E-state index in [1.54, 1.807) is 0 Å². The molecule has 1 amide bonds. The molecular weight excluding hydrogens is 342 g/mol. The number of carboxylic acids is 1. The number of thiophene rings is 1. The number of rotatable bonds is 6. The van der Waals surface area contributed by atoms with E-state index in [1.807, 2.05) is 16.8 Å². The number of nitrogens with one attached hydrogen (secondary N) is 1. The van der Waals surface area contributed by atoms with Crippen LogP contribution in [0.25, 0.3) is 11.5 Å². The molecule has 3 rings (SSSR count). The molecule has 2 heterocycles. The average Bonchev–Trinajstić information content (AvgIpc) is 3.26. The molecule has 0 aliphatic heterocycles. The second kappa shape index (κ2) is 7.35. The van der Waals surface area contributed by atoms with Crippen LogP contribution in [0.15, 0.2) is 21.2 Å². The van der Waals surface area contributed by atoms with Gasteiger partial charge >= 0.3 is 5.97 Å². The van der Waals surface area contributed by atoms with Crippen molar-refractivity contribution in [2.24, 2.45) is 5.92 Å². The van der Waals surface area contributed by atoms with Gasteiger partial charge in [-0.25, -0.2) is 4.79 Å². The zero-order valence-corrected chi connectivity index (χ0v) is 14.8. The molecule has 2 aromatic heterocycles. The van der Waals surface area contributed by atoms with E-state index in [0.29, 0.717) is 30.5 Å². The van der Waals surface area contributed by atoms with Crippen LogP contribution in [0.4, 0.5) is 0 Å². The molecule has 25 heavy (non-hydrogen) atoms. The number of carbonyl (C=O) groups excluding carboxylic acids is 1. The zero-order valence-electron chi connectivity index (χ0n) is 14.0. The number of aliphatic carboxylic acids is 1. The Labute approximate surface area is 149 Å². The first-order valence-corrected chi connectivity index (χ1v) is 9.32. The van der Waals surface area contributed by atoms with Crippen LogP contribution < -0.4 is 5.32 Å². The Kier molecular flexibility index (Phi) is 5.17. The maximum atomic E-state index is 12.2. The first-order chi connectivity index (χ1) is 12.0. The summed E-state index contributed by atoms with van der Waals surface area (Å²) in [4.78, 5) is 23.9. The van der Waals surface area contributed by atoms with E-state index in [0.717, 1.165) is 18.4 Å². The maximum absolute atomic E-state index is 12.2. The van der Waals surface area contributed by atoms with Crippen molar-refractivity contribution in [1.29, 1.82) is 0 Å². The number of hydrogen-bond acceptors (Lipinski definition) is 6. The monoisotopic (exact) mass is 363 g/mol. The Morgan fingerprint density at radius 2 is 2.16 bits per heavy atom. The van der Waals surface area contributed by atoms with Crippen molar-refractivity contribution in [1.82, 2.24) is 15.5 Å². The van der Waals surface area contributed by atoms with Gasteiger partial charge in [-0.1, -0.05) is 6.92 Å². The minimum absolute atomic E-state index is 0.121. The Morgan fingerprint density at radius 1 is 1.40 bits per heavy atom. The molecule has 2 aromatic rings. The van der Waals surface area contributed by atoms with Crippen LogP contribution in [0, 0.1) is 5.92 Å². The summed E-state index contributed by atoms with van der Waals surface area (Å²) in [5.74, 6) is 0.0498.